The lowest BCUT2D eigenvalue weighted by Crippen LogP contribution is -2.25. The van der Waals surface area contributed by atoms with Crippen LogP contribution in [0.25, 0.3) is 0 Å². The van der Waals surface area contributed by atoms with Crippen molar-refractivity contribution in [3.8, 4) is 5.75 Å². The molecule has 0 bridgehead atoms. The van der Waals surface area contributed by atoms with E-state index in [1.165, 1.54) is 5.56 Å². The highest BCUT2D eigenvalue weighted by molar-refractivity contribution is 5.85. The van der Waals surface area contributed by atoms with Gasteiger partial charge in [0, 0.05) is 13.1 Å². The van der Waals surface area contributed by atoms with Crippen molar-refractivity contribution in [1.82, 2.24) is 5.32 Å². The van der Waals surface area contributed by atoms with Gasteiger partial charge in [0.1, 0.15) is 19.0 Å². The van der Waals surface area contributed by atoms with Crippen molar-refractivity contribution in [2.75, 3.05) is 19.7 Å². The number of amides is 1. The number of halogens is 1. The van der Waals surface area contributed by atoms with Crippen LogP contribution < -0.4 is 15.8 Å². The maximum atomic E-state index is 11.6. The molecular formula is C20H27ClN2O3. The number of nitrogens with one attached hydrogen (secondary N) is 1. The Kier molecular flexibility index (Phi) is 10.9. The summed E-state index contributed by atoms with van der Waals surface area (Å²) in [6, 6.07) is 17.7. The van der Waals surface area contributed by atoms with Gasteiger partial charge in [-0.15, -0.1) is 12.4 Å². The van der Waals surface area contributed by atoms with Gasteiger partial charge in [-0.3, -0.25) is 0 Å². The highest BCUT2D eigenvalue weighted by Gasteiger charge is 2.02. The molecule has 2 rings (SSSR count). The predicted molar refractivity (Wildman–Crippen MR) is 106 cm³/mol. The summed E-state index contributed by atoms with van der Waals surface area (Å²) in [5, 5.41) is 2.78. The Morgan fingerprint density at radius 2 is 1.69 bits per heavy atom. The van der Waals surface area contributed by atoms with Crippen LogP contribution in [-0.4, -0.2) is 25.8 Å². The lowest BCUT2D eigenvalue weighted by Gasteiger charge is -2.08. The third-order valence-electron chi connectivity index (χ3n) is 3.68. The van der Waals surface area contributed by atoms with Crippen LogP contribution in [0.5, 0.6) is 5.75 Å². The molecule has 142 valence electrons. The first-order valence-corrected chi connectivity index (χ1v) is 8.64. The van der Waals surface area contributed by atoms with Crippen molar-refractivity contribution in [1.29, 1.82) is 0 Å². The topological polar surface area (TPSA) is 73.6 Å². The summed E-state index contributed by atoms with van der Waals surface area (Å²) >= 11 is 0. The summed E-state index contributed by atoms with van der Waals surface area (Å²) < 4.78 is 10.6. The van der Waals surface area contributed by atoms with E-state index >= 15 is 0 Å². The molecule has 0 aliphatic carbocycles. The second kappa shape index (κ2) is 13.0. The highest BCUT2D eigenvalue weighted by atomic mass is 35.5. The number of ether oxygens (including phenoxy) is 2. The van der Waals surface area contributed by atoms with Gasteiger partial charge in [0.25, 0.3) is 0 Å². The summed E-state index contributed by atoms with van der Waals surface area (Å²) in [5.74, 6) is 0.844. The molecule has 0 saturated heterocycles. The smallest absolute Gasteiger partial charge is 0.407 e. The minimum Gasteiger partial charge on any atom is -0.492 e. The maximum absolute atomic E-state index is 11.6. The van der Waals surface area contributed by atoms with E-state index in [0.717, 1.165) is 30.6 Å². The van der Waals surface area contributed by atoms with Gasteiger partial charge < -0.3 is 20.5 Å². The lowest BCUT2D eigenvalue weighted by molar-refractivity contribution is 0.139. The molecule has 0 atom stereocenters. The zero-order valence-electron chi connectivity index (χ0n) is 14.9. The predicted octanol–water partition coefficient (Wildman–Crippen LogP) is 3.70. The van der Waals surface area contributed by atoms with Crippen LogP contribution in [0.3, 0.4) is 0 Å². The van der Waals surface area contributed by atoms with Crippen LogP contribution in [0.4, 0.5) is 4.79 Å². The maximum Gasteiger partial charge on any atom is 0.407 e. The Labute approximate surface area is 161 Å². The summed E-state index contributed by atoms with van der Waals surface area (Å²) in [4.78, 5) is 11.6. The Balaban J connectivity index is 0.00000338. The lowest BCUT2D eigenvalue weighted by atomic mass is 10.1. The first-order chi connectivity index (χ1) is 12.3. The number of aryl methyl sites for hydroxylation is 1. The molecule has 26 heavy (non-hydrogen) atoms. The average molecular weight is 379 g/mol. The molecule has 6 heteroatoms. The van der Waals surface area contributed by atoms with Gasteiger partial charge in [-0.25, -0.2) is 4.79 Å². The van der Waals surface area contributed by atoms with Crippen molar-refractivity contribution in [3.63, 3.8) is 0 Å². The van der Waals surface area contributed by atoms with Gasteiger partial charge in [0.2, 0.25) is 0 Å². The minimum absolute atomic E-state index is 0. The number of carbonyl (C=O) groups excluding carboxylic acids is 1. The number of nitrogens with two attached hydrogens (primary N) is 1. The van der Waals surface area contributed by atoms with Crippen molar-refractivity contribution in [2.45, 2.75) is 25.9 Å². The summed E-state index contributed by atoms with van der Waals surface area (Å²) in [7, 11) is 0. The Bertz CT molecular complexity index is 621. The van der Waals surface area contributed by atoms with Gasteiger partial charge >= 0.3 is 6.09 Å². The highest BCUT2D eigenvalue weighted by Crippen LogP contribution is 2.13. The number of benzene rings is 2. The van der Waals surface area contributed by atoms with E-state index in [1.807, 2.05) is 42.5 Å². The number of rotatable bonds is 10. The number of hydrogen-bond acceptors (Lipinski definition) is 4. The summed E-state index contributed by atoms with van der Waals surface area (Å²) in [6.45, 7) is 1.96. The van der Waals surface area contributed by atoms with E-state index in [2.05, 4.69) is 17.4 Å². The van der Waals surface area contributed by atoms with E-state index in [9.17, 15) is 4.79 Å². The number of alkyl carbamates (subject to hydrolysis) is 1. The van der Waals surface area contributed by atoms with Gasteiger partial charge in [-0.05, 0) is 42.5 Å². The minimum atomic E-state index is -0.370. The van der Waals surface area contributed by atoms with Gasteiger partial charge in [0.15, 0.2) is 0 Å². The van der Waals surface area contributed by atoms with Crippen molar-refractivity contribution in [2.24, 2.45) is 5.73 Å². The van der Waals surface area contributed by atoms with Gasteiger partial charge in [-0.2, -0.15) is 0 Å². The SMILES string of the molecule is Cl.NCCOc1ccc(CCCCNC(=O)OCc2ccccc2)cc1. The van der Waals surface area contributed by atoms with Crippen LogP contribution in [0.15, 0.2) is 54.6 Å². The molecule has 2 aromatic rings. The monoisotopic (exact) mass is 378 g/mol. The van der Waals surface area contributed by atoms with Crippen LogP contribution in [0, 0.1) is 0 Å². The molecule has 2 aromatic carbocycles. The number of carbonyl (C=O) groups is 1. The van der Waals surface area contributed by atoms with Crippen molar-refractivity contribution < 1.29 is 14.3 Å². The van der Waals surface area contributed by atoms with Crippen molar-refractivity contribution >= 4 is 18.5 Å². The fraction of sp³-hybridized carbons (Fsp3) is 0.350. The largest absolute Gasteiger partial charge is 0.492 e. The molecule has 0 aromatic heterocycles. The standard InChI is InChI=1S/C20H26N2O3.ClH/c21-13-15-24-19-11-9-17(10-12-19)6-4-5-14-22-20(23)25-16-18-7-2-1-3-8-18;/h1-3,7-12H,4-6,13-16,21H2,(H,22,23);1H. The molecule has 1 amide bonds. The average Bonchev–Trinajstić information content (AvgIpc) is 2.66. The molecule has 0 fully saturated rings. The van der Waals surface area contributed by atoms with Crippen LogP contribution in [0.2, 0.25) is 0 Å². The van der Waals surface area contributed by atoms with E-state index < -0.39 is 0 Å². The molecule has 0 saturated carbocycles. The second-order valence-corrected chi connectivity index (χ2v) is 5.73. The number of hydrogen-bond donors (Lipinski definition) is 2. The molecule has 0 unspecified atom stereocenters. The second-order valence-electron chi connectivity index (χ2n) is 5.73. The van der Waals surface area contributed by atoms with Crippen LogP contribution in [0.1, 0.15) is 24.0 Å². The van der Waals surface area contributed by atoms with Crippen LogP contribution >= 0.6 is 12.4 Å². The zero-order chi connectivity index (χ0) is 17.7. The molecule has 3 N–H and O–H groups in total. The molecular weight excluding hydrogens is 352 g/mol. The molecule has 0 spiro atoms. The normalized spacial score (nSPS) is 9.88. The van der Waals surface area contributed by atoms with E-state index in [-0.39, 0.29) is 18.5 Å². The van der Waals surface area contributed by atoms with E-state index in [1.54, 1.807) is 0 Å². The fourth-order valence-corrected chi connectivity index (χ4v) is 2.35. The first kappa shape index (κ1) is 21.8. The number of unbranched alkanes of at least 4 members (excludes halogenated alkanes) is 1. The van der Waals surface area contributed by atoms with Crippen molar-refractivity contribution in [3.05, 3.63) is 65.7 Å². The molecule has 0 aliphatic heterocycles. The molecule has 0 aliphatic rings. The zero-order valence-corrected chi connectivity index (χ0v) is 15.7. The summed E-state index contributed by atoms with van der Waals surface area (Å²) in [5.41, 5.74) is 7.65. The van der Waals surface area contributed by atoms with Gasteiger partial charge in [0.05, 0.1) is 0 Å². The molecule has 5 nitrogen and oxygen atoms in total. The quantitative estimate of drug-likeness (QED) is 0.618. The Hall–Kier alpha value is -2.24. The fourth-order valence-electron chi connectivity index (χ4n) is 2.35. The third-order valence-corrected chi connectivity index (χ3v) is 3.68. The molecule has 0 radical (unpaired) electrons. The van der Waals surface area contributed by atoms with E-state index in [0.29, 0.717) is 26.3 Å². The molecule has 0 heterocycles. The van der Waals surface area contributed by atoms with Gasteiger partial charge in [-0.1, -0.05) is 42.5 Å². The first-order valence-electron chi connectivity index (χ1n) is 8.64. The third kappa shape index (κ3) is 8.74. The Morgan fingerprint density at radius 3 is 2.38 bits per heavy atom. The van der Waals surface area contributed by atoms with E-state index in [4.69, 9.17) is 15.2 Å². The summed E-state index contributed by atoms with van der Waals surface area (Å²) in [6.07, 6.45) is 2.51. The van der Waals surface area contributed by atoms with Crippen LogP contribution in [-0.2, 0) is 17.8 Å². The Morgan fingerprint density at radius 1 is 0.962 bits per heavy atom.